The first-order chi connectivity index (χ1) is 8.63. The van der Waals surface area contributed by atoms with Crippen molar-refractivity contribution in [3.05, 3.63) is 17.9 Å². The molecule has 1 saturated carbocycles. The van der Waals surface area contributed by atoms with Crippen molar-refractivity contribution in [2.75, 3.05) is 0 Å². The Balaban J connectivity index is 2.76. The molecule has 0 aromatic heterocycles. The molecule has 1 heteroatoms. The number of hydrogen-bond donors (Lipinski definition) is 0. The van der Waals surface area contributed by atoms with Crippen LogP contribution in [-0.2, 0) is 0 Å². The van der Waals surface area contributed by atoms with E-state index in [0.717, 1.165) is 12.3 Å². The quantitative estimate of drug-likeness (QED) is 0.340. The molecule has 0 aromatic carbocycles. The largest absolute Gasteiger partial charge is 0.132 e. The number of rotatable bonds is 1. The topological polar surface area (TPSA) is 0 Å². The standard InChI is InChI=1S/C18H30Si/c1-8-15-11-12-17(18(2,3)4)14-16(15)10-9-13-19(5,6)7/h16-17H,1,10-12,14H2,2-7H3/t16-,17-/m0/s1. The summed E-state index contributed by atoms with van der Waals surface area (Å²) in [6.07, 6.45) is 4.74. The van der Waals surface area contributed by atoms with Gasteiger partial charge in [-0.3, -0.25) is 0 Å². The van der Waals surface area contributed by atoms with Crippen molar-refractivity contribution in [1.82, 2.24) is 0 Å². The maximum absolute atomic E-state index is 3.88. The lowest BCUT2D eigenvalue weighted by Crippen LogP contribution is -2.28. The van der Waals surface area contributed by atoms with Crippen molar-refractivity contribution in [3.8, 4) is 11.5 Å². The second-order valence-corrected chi connectivity index (χ2v) is 12.7. The van der Waals surface area contributed by atoms with Crippen molar-refractivity contribution < 1.29 is 0 Å². The van der Waals surface area contributed by atoms with Crippen LogP contribution in [0.2, 0.25) is 19.6 Å². The summed E-state index contributed by atoms with van der Waals surface area (Å²) in [5, 5.41) is 0. The first-order valence-corrected chi connectivity index (χ1v) is 11.0. The SMILES string of the molecule is C=C=C1CC[C@H](C(C)(C)C)C[C@@H]1CC#C[Si](C)(C)C. The minimum absolute atomic E-state index is 0.414. The van der Waals surface area contributed by atoms with Crippen LogP contribution >= 0.6 is 0 Å². The van der Waals surface area contributed by atoms with E-state index in [9.17, 15) is 0 Å². The van der Waals surface area contributed by atoms with Gasteiger partial charge < -0.3 is 0 Å². The molecule has 0 aromatic rings. The highest BCUT2D eigenvalue weighted by Crippen LogP contribution is 2.43. The van der Waals surface area contributed by atoms with Gasteiger partial charge in [-0.05, 0) is 42.1 Å². The van der Waals surface area contributed by atoms with Gasteiger partial charge in [-0.15, -0.1) is 17.2 Å². The molecule has 1 rings (SSSR count). The summed E-state index contributed by atoms with van der Waals surface area (Å²) >= 11 is 0. The summed E-state index contributed by atoms with van der Waals surface area (Å²) in [7, 11) is -1.23. The van der Waals surface area contributed by atoms with E-state index in [4.69, 9.17) is 0 Å². The molecule has 1 fully saturated rings. The van der Waals surface area contributed by atoms with E-state index in [-0.39, 0.29) is 0 Å². The maximum atomic E-state index is 3.88. The molecule has 0 heterocycles. The Labute approximate surface area is 121 Å². The summed E-state index contributed by atoms with van der Waals surface area (Å²) in [4.78, 5) is 0. The minimum atomic E-state index is -1.23. The third-order valence-electron chi connectivity index (χ3n) is 4.09. The van der Waals surface area contributed by atoms with Gasteiger partial charge in [-0.1, -0.05) is 47.0 Å². The summed E-state index contributed by atoms with van der Waals surface area (Å²) < 4.78 is 0. The van der Waals surface area contributed by atoms with E-state index in [2.05, 4.69) is 64.2 Å². The van der Waals surface area contributed by atoms with Crippen molar-refractivity contribution >= 4 is 8.07 Å². The molecule has 0 N–H and O–H groups in total. The third kappa shape index (κ3) is 5.43. The zero-order valence-corrected chi connectivity index (χ0v) is 14.7. The van der Waals surface area contributed by atoms with E-state index in [1.54, 1.807) is 0 Å². The first kappa shape index (κ1) is 16.4. The highest BCUT2D eigenvalue weighted by molar-refractivity contribution is 6.83. The summed E-state index contributed by atoms with van der Waals surface area (Å²) in [6, 6.07) is 0. The molecule has 1 aliphatic rings. The van der Waals surface area contributed by atoms with Crippen molar-refractivity contribution in [2.24, 2.45) is 17.3 Å². The number of hydrogen-bond acceptors (Lipinski definition) is 0. The Morgan fingerprint density at radius 2 is 1.89 bits per heavy atom. The van der Waals surface area contributed by atoms with E-state index < -0.39 is 8.07 Å². The molecule has 0 unspecified atom stereocenters. The van der Waals surface area contributed by atoms with Crippen LogP contribution in [0.4, 0.5) is 0 Å². The fraction of sp³-hybridized carbons (Fsp3) is 0.722. The zero-order valence-electron chi connectivity index (χ0n) is 13.7. The normalized spacial score (nSPS) is 24.4. The Kier molecular flexibility index (Phi) is 5.31. The molecule has 19 heavy (non-hydrogen) atoms. The van der Waals surface area contributed by atoms with Gasteiger partial charge in [-0.2, -0.15) is 0 Å². The van der Waals surface area contributed by atoms with Crippen LogP contribution in [0.15, 0.2) is 17.9 Å². The Morgan fingerprint density at radius 3 is 2.37 bits per heavy atom. The second-order valence-electron chi connectivity index (χ2n) is 7.99. The molecule has 106 valence electrons. The summed E-state index contributed by atoms with van der Waals surface area (Å²) in [6.45, 7) is 17.9. The van der Waals surface area contributed by atoms with Crippen LogP contribution < -0.4 is 0 Å². The van der Waals surface area contributed by atoms with Crippen molar-refractivity contribution in [2.45, 2.75) is 66.1 Å². The number of allylic oxidation sites excluding steroid dienone is 1. The van der Waals surface area contributed by atoms with Crippen LogP contribution in [0.1, 0.15) is 46.5 Å². The smallest absolute Gasteiger partial charge is 0.129 e. The van der Waals surface area contributed by atoms with Crippen LogP contribution in [0.5, 0.6) is 0 Å². The van der Waals surface area contributed by atoms with Gasteiger partial charge in [0.15, 0.2) is 0 Å². The average Bonchev–Trinajstić information content (AvgIpc) is 2.26. The summed E-state index contributed by atoms with van der Waals surface area (Å²) in [5.74, 6) is 4.86. The third-order valence-corrected chi connectivity index (χ3v) is 5.01. The lowest BCUT2D eigenvalue weighted by molar-refractivity contribution is 0.170. The molecule has 0 nitrogen and oxygen atoms in total. The van der Waals surface area contributed by atoms with Gasteiger partial charge >= 0.3 is 0 Å². The molecule has 0 spiro atoms. The first-order valence-electron chi connectivity index (χ1n) is 7.52. The molecule has 0 aliphatic heterocycles. The molecule has 0 saturated heterocycles. The van der Waals surface area contributed by atoms with E-state index in [1.807, 2.05) is 0 Å². The van der Waals surface area contributed by atoms with Crippen LogP contribution in [0.25, 0.3) is 0 Å². The fourth-order valence-electron chi connectivity index (χ4n) is 2.80. The highest BCUT2D eigenvalue weighted by atomic mass is 28.3. The molecule has 0 radical (unpaired) electrons. The molecule has 0 bridgehead atoms. The van der Waals surface area contributed by atoms with Crippen LogP contribution in [-0.4, -0.2) is 8.07 Å². The minimum Gasteiger partial charge on any atom is -0.132 e. The van der Waals surface area contributed by atoms with Gasteiger partial charge in [0, 0.05) is 6.42 Å². The van der Waals surface area contributed by atoms with Gasteiger partial charge in [0.2, 0.25) is 0 Å². The van der Waals surface area contributed by atoms with Crippen LogP contribution in [0.3, 0.4) is 0 Å². The van der Waals surface area contributed by atoms with Crippen molar-refractivity contribution in [1.29, 1.82) is 0 Å². The van der Waals surface area contributed by atoms with Crippen LogP contribution in [0, 0.1) is 28.7 Å². The molecule has 0 amide bonds. The summed E-state index contributed by atoms with van der Waals surface area (Å²) in [5.41, 5.74) is 8.51. The Hall–Kier alpha value is -0.703. The maximum Gasteiger partial charge on any atom is 0.129 e. The molecule has 2 atom stereocenters. The van der Waals surface area contributed by atoms with Gasteiger partial charge in [0.05, 0.1) is 0 Å². The highest BCUT2D eigenvalue weighted by Gasteiger charge is 2.32. The molecular formula is C18H30Si. The van der Waals surface area contributed by atoms with Crippen molar-refractivity contribution in [3.63, 3.8) is 0 Å². The van der Waals surface area contributed by atoms with E-state index in [0.29, 0.717) is 11.3 Å². The van der Waals surface area contributed by atoms with Gasteiger partial charge in [-0.25, -0.2) is 0 Å². The fourth-order valence-corrected chi connectivity index (χ4v) is 3.44. The van der Waals surface area contributed by atoms with Gasteiger partial charge in [0.1, 0.15) is 8.07 Å². The Morgan fingerprint density at radius 1 is 1.26 bits per heavy atom. The van der Waals surface area contributed by atoms with E-state index in [1.165, 1.54) is 24.8 Å². The molecule has 1 aliphatic carbocycles. The van der Waals surface area contributed by atoms with Gasteiger partial charge in [0.25, 0.3) is 0 Å². The predicted octanol–water partition coefficient (Wildman–Crippen LogP) is 5.43. The second kappa shape index (κ2) is 6.17. The average molecular weight is 275 g/mol. The molecular weight excluding hydrogens is 244 g/mol. The zero-order chi connectivity index (χ0) is 14.7. The lowest BCUT2D eigenvalue weighted by atomic mass is 9.67. The van der Waals surface area contributed by atoms with E-state index >= 15 is 0 Å². The lowest BCUT2D eigenvalue weighted by Gasteiger charge is -2.38. The monoisotopic (exact) mass is 274 g/mol. The Bertz CT molecular complexity index is 413. The predicted molar refractivity (Wildman–Crippen MR) is 88.7 cm³/mol.